The van der Waals surface area contributed by atoms with Crippen molar-refractivity contribution in [3.05, 3.63) is 65.1 Å². The molecule has 0 saturated heterocycles. The van der Waals surface area contributed by atoms with Crippen LogP contribution in [0, 0.1) is 0 Å². The van der Waals surface area contributed by atoms with Gasteiger partial charge >= 0.3 is 0 Å². The third-order valence-electron chi connectivity index (χ3n) is 3.23. The van der Waals surface area contributed by atoms with Crippen molar-refractivity contribution in [3.63, 3.8) is 0 Å². The highest BCUT2D eigenvalue weighted by Crippen LogP contribution is 2.26. The maximum absolute atomic E-state index is 6.22. The van der Waals surface area contributed by atoms with Gasteiger partial charge in [0.05, 0.1) is 16.2 Å². The Kier molecular flexibility index (Phi) is 3.13. The van der Waals surface area contributed by atoms with Gasteiger partial charge in [0, 0.05) is 12.4 Å². The molecule has 0 unspecified atom stereocenters. The number of aromatic nitrogens is 2. The number of nitrogens with zero attached hydrogens (tertiary/aromatic N) is 2. The van der Waals surface area contributed by atoms with Gasteiger partial charge in [-0.15, -0.1) is 0 Å². The number of hydrogen-bond donors (Lipinski definition) is 1. The van der Waals surface area contributed by atoms with Crippen LogP contribution in [0.3, 0.4) is 0 Å². The van der Waals surface area contributed by atoms with Crippen LogP contribution in [0.2, 0.25) is 5.02 Å². The monoisotopic (exact) mass is 271 g/mol. The van der Waals surface area contributed by atoms with Crippen molar-refractivity contribution in [1.29, 1.82) is 0 Å². The van der Waals surface area contributed by atoms with E-state index in [0.717, 1.165) is 24.1 Å². The van der Waals surface area contributed by atoms with Gasteiger partial charge in [-0.2, -0.15) is 0 Å². The van der Waals surface area contributed by atoms with Crippen LogP contribution >= 0.6 is 11.6 Å². The molecule has 96 valence electrons. The molecule has 3 rings (SSSR count). The second kappa shape index (κ2) is 4.94. The second-order valence-electron chi connectivity index (χ2n) is 4.50. The molecule has 0 aliphatic rings. The number of hydrogen-bond acceptors (Lipinski definition) is 2. The first kappa shape index (κ1) is 12.1. The number of nitrogens with two attached hydrogens (primary N) is 1. The maximum Gasteiger partial charge on any atom is 0.109 e. The van der Waals surface area contributed by atoms with Gasteiger partial charge in [-0.3, -0.25) is 9.38 Å². The van der Waals surface area contributed by atoms with Crippen LogP contribution in [0.5, 0.6) is 0 Å². The summed E-state index contributed by atoms with van der Waals surface area (Å²) in [4.78, 5) is 4.44. The summed E-state index contributed by atoms with van der Waals surface area (Å²) in [7, 11) is 0. The molecule has 2 heterocycles. The molecule has 1 aromatic carbocycles. The average Bonchev–Trinajstić information content (AvgIpc) is 2.74. The lowest BCUT2D eigenvalue weighted by Crippen LogP contribution is -2.00. The molecule has 0 spiro atoms. The van der Waals surface area contributed by atoms with Crippen molar-refractivity contribution < 1.29 is 0 Å². The zero-order valence-electron chi connectivity index (χ0n) is 10.4. The molecule has 3 aromatic rings. The average molecular weight is 272 g/mol. The first-order chi connectivity index (χ1) is 9.25. The summed E-state index contributed by atoms with van der Waals surface area (Å²) < 4.78 is 1.88. The predicted molar refractivity (Wildman–Crippen MR) is 78.5 cm³/mol. The quantitative estimate of drug-likeness (QED) is 0.794. The Morgan fingerprint density at radius 2 is 1.95 bits per heavy atom. The van der Waals surface area contributed by atoms with Gasteiger partial charge in [0.15, 0.2) is 0 Å². The number of nitrogen functional groups attached to an aromatic ring is 1. The maximum atomic E-state index is 6.22. The van der Waals surface area contributed by atoms with E-state index in [9.17, 15) is 0 Å². The van der Waals surface area contributed by atoms with Gasteiger partial charge in [-0.25, -0.2) is 0 Å². The minimum Gasteiger partial charge on any atom is -0.385 e. The summed E-state index contributed by atoms with van der Waals surface area (Å²) >= 11 is 6.22. The molecular weight excluding hydrogens is 258 g/mol. The third-order valence-corrected chi connectivity index (χ3v) is 3.52. The van der Waals surface area contributed by atoms with E-state index >= 15 is 0 Å². The number of rotatable bonds is 3. The molecule has 0 aliphatic heterocycles. The molecule has 2 N–H and O–H groups in total. The van der Waals surface area contributed by atoms with E-state index in [0.29, 0.717) is 10.8 Å². The van der Waals surface area contributed by atoms with Gasteiger partial charge in [0.2, 0.25) is 0 Å². The van der Waals surface area contributed by atoms with E-state index in [1.807, 2.05) is 28.8 Å². The lowest BCUT2D eigenvalue weighted by molar-refractivity contribution is 0.908. The predicted octanol–water partition coefficient (Wildman–Crippen LogP) is 3.36. The second-order valence-corrected chi connectivity index (χ2v) is 4.90. The number of benzene rings is 1. The molecular formula is C15H14ClN3. The SMILES string of the molecule is Nc1cc(Cl)c2c(CCc3ccccc3)nccn12. The summed E-state index contributed by atoms with van der Waals surface area (Å²) in [5.74, 6) is 0.642. The summed E-state index contributed by atoms with van der Waals surface area (Å²) in [5.41, 5.74) is 9.09. The lowest BCUT2D eigenvalue weighted by Gasteiger charge is -2.05. The van der Waals surface area contributed by atoms with Gasteiger partial charge in [0.1, 0.15) is 5.82 Å². The Balaban J connectivity index is 1.93. The molecule has 0 saturated carbocycles. The van der Waals surface area contributed by atoms with Gasteiger partial charge < -0.3 is 5.73 Å². The van der Waals surface area contributed by atoms with Crippen LogP contribution in [-0.4, -0.2) is 9.38 Å². The fraction of sp³-hybridized carbons (Fsp3) is 0.133. The molecule has 3 nitrogen and oxygen atoms in total. The number of anilines is 1. The normalized spacial score (nSPS) is 11.0. The summed E-state index contributed by atoms with van der Waals surface area (Å²) in [6, 6.07) is 12.1. The van der Waals surface area contributed by atoms with Crippen LogP contribution in [-0.2, 0) is 12.8 Å². The Labute approximate surface area is 116 Å². The van der Waals surface area contributed by atoms with E-state index in [2.05, 4.69) is 17.1 Å². The largest absolute Gasteiger partial charge is 0.385 e. The van der Waals surface area contributed by atoms with Crippen molar-refractivity contribution in [2.24, 2.45) is 0 Å². The minimum atomic E-state index is 0.642. The van der Waals surface area contributed by atoms with Crippen LogP contribution < -0.4 is 5.73 Å². The van der Waals surface area contributed by atoms with E-state index < -0.39 is 0 Å². The Morgan fingerprint density at radius 3 is 2.74 bits per heavy atom. The summed E-state index contributed by atoms with van der Waals surface area (Å²) in [6.07, 6.45) is 5.38. The van der Waals surface area contributed by atoms with Crippen LogP contribution in [0.4, 0.5) is 5.82 Å². The zero-order valence-corrected chi connectivity index (χ0v) is 11.1. The van der Waals surface area contributed by atoms with E-state index in [-0.39, 0.29) is 0 Å². The van der Waals surface area contributed by atoms with Crippen LogP contribution in [0.1, 0.15) is 11.3 Å². The topological polar surface area (TPSA) is 43.3 Å². The van der Waals surface area contributed by atoms with Crippen molar-refractivity contribution >= 4 is 22.9 Å². The van der Waals surface area contributed by atoms with Crippen molar-refractivity contribution in [2.75, 3.05) is 5.73 Å². The molecule has 0 amide bonds. The standard InChI is InChI=1S/C15H14ClN3/c16-12-10-14(17)19-9-8-18-13(15(12)19)7-6-11-4-2-1-3-5-11/h1-5,8-10H,6-7,17H2. The zero-order chi connectivity index (χ0) is 13.2. The molecule has 2 aromatic heterocycles. The molecule has 0 aliphatic carbocycles. The van der Waals surface area contributed by atoms with Crippen molar-refractivity contribution in [1.82, 2.24) is 9.38 Å². The third kappa shape index (κ3) is 2.29. The van der Waals surface area contributed by atoms with Gasteiger partial charge in [-0.1, -0.05) is 41.9 Å². The smallest absolute Gasteiger partial charge is 0.109 e. The van der Waals surface area contributed by atoms with E-state index in [4.69, 9.17) is 17.3 Å². The Morgan fingerprint density at radius 1 is 1.16 bits per heavy atom. The molecule has 19 heavy (non-hydrogen) atoms. The van der Waals surface area contributed by atoms with Crippen molar-refractivity contribution in [2.45, 2.75) is 12.8 Å². The number of fused-ring (bicyclic) bond motifs is 1. The lowest BCUT2D eigenvalue weighted by atomic mass is 10.1. The van der Waals surface area contributed by atoms with Gasteiger partial charge in [-0.05, 0) is 24.5 Å². The first-order valence-corrected chi connectivity index (χ1v) is 6.57. The molecule has 0 bridgehead atoms. The molecule has 0 radical (unpaired) electrons. The van der Waals surface area contributed by atoms with Crippen LogP contribution in [0.15, 0.2) is 48.8 Å². The molecule has 0 fully saturated rings. The Bertz CT molecular complexity index is 704. The number of aryl methyl sites for hydroxylation is 2. The summed E-state index contributed by atoms with van der Waals surface area (Å²) in [5, 5.41) is 0.661. The highest BCUT2D eigenvalue weighted by Gasteiger charge is 2.10. The fourth-order valence-electron chi connectivity index (χ4n) is 2.29. The Hall–Kier alpha value is -2.00. The minimum absolute atomic E-state index is 0.642. The highest BCUT2D eigenvalue weighted by molar-refractivity contribution is 6.34. The molecule has 0 atom stereocenters. The van der Waals surface area contributed by atoms with Crippen LogP contribution in [0.25, 0.3) is 5.52 Å². The number of halogens is 1. The van der Waals surface area contributed by atoms with E-state index in [1.165, 1.54) is 5.56 Å². The van der Waals surface area contributed by atoms with Gasteiger partial charge in [0.25, 0.3) is 0 Å². The molecule has 4 heteroatoms. The van der Waals surface area contributed by atoms with Crippen molar-refractivity contribution in [3.8, 4) is 0 Å². The first-order valence-electron chi connectivity index (χ1n) is 6.19. The fourth-order valence-corrected chi connectivity index (χ4v) is 2.60. The van der Waals surface area contributed by atoms with E-state index in [1.54, 1.807) is 12.3 Å². The highest BCUT2D eigenvalue weighted by atomic mass is 35.5. The summed E-state index contributed by atoms with van der Waals surface area (Å²) in [6.45, 7) is 0.